The Morgan fingerprint density at radius 2 is 2.06 bits per heavy atom. The molecule has 0 aromatic heterocycles. The second-order valence-corrected chi connectivity index (χ2v) is 4.79. The molecule has 0 aliphatic heterocycles. The van der Waals surface area contributed by atoms with Crippen molar-refractivity contribution < 1.29 is 4.79 Å². The maximum Gasteiger partial charge on any atom is 0.220 e. The van der Waals surface area contributed by atoms with E-state index in [2.05, 4.69) is 21.2 Å². The van der Waals surface area contributed by atoms with Gasteiger partial charge < -0.3 is 11.1 Å². The summed E-state index contributed by atoms with van der Waals surface area (Å²) in [6.07, 6.45) is 3.22. The predicted molar refractivity (Wildman–Crippen MR) is 73.8 cm³/mol. The standard InChI is InChI=1S/C13H19BrN2O/c14-12-6-2-1-5-11(12)7-8-13(17)16-10-4-3-9-15/h1-2,5-6H,3-4,7-10,15H2,(H,16,17). The molecule has 0 fully saturated rings. The molecule has 0 radical (unpaired) electrons. The van der Waals surface area contributed by atoms with Crippen LogP contribution in [0.4, 0.5) is 0 Å². The molecule has 0 bridgehead atoms. The van der Waals surface area contributed by atoms with Crippen LogP contribution < -0.4 is 11.1 Å². The number of rotatable bonds is 7. The maximum absolute atomic E-state index is 11.5. The van der Waals surface area contributed by atoms with E-state index in [4.69, 9.17) is 5.73 Å². The Labute approximate surface area is 111 Å². The molecule has 1 rings (SSSR count). The van der Waals surface area contributed by atoms with E-state index < -0.39 is 0 Å². The lowest BCUT2D eigenvalue weighted by atomic mass is 10.1. The van der Waals surface area contributed by atoms with Crippen LogP contribution in [0.2, 0.25) is 0 Å². The second kappa shape index (κ2) is 8.25. The number of aryl methyl sites for hydroxylation is 1. The van der Waals surface area contributed by atoms with Crippen molar-refractivity contribution in [2.24, 2.45) is 5.73 Å². The zero-order chi connectivity index (χ0) is 12.5. The largest absolute Gasteiger partial charge is 0.356 e. The Bertz CT molecular complexity index is 355. The van der Waals surface area contributed by atoms with Crippen molar-refractivity contribution in [1.82, 2.24) is 5.32 Å². The van der Waals surface area contributed by atoms with Crippen molar-refractivity contribution in [2.75, 3.05) is 13.1 Å². The van der Waals surface area contributed by atoms with Crippen molar-refractivity contribution in [2.45, 2.75) is 25.7 Å². The molecule has 17 heavy (non-hydrogen) atoms. The molecule has 1 aromatic carbocycles. The topological polar surface area (TPSA) is 55.1 Å². The van der Waals surface area contributed by atoms with Gasteiger partial charge in [0.15, 0.2) is 0 Å². The van der Waals surface area contributed by atoms with Crippen LogP contribution in [0.15, 0.2) is 28.7 Å². The average Bonchev–Trinajstić information content (AvgIpc) is 2.34. The van der Waals surface area contributed by atoms with Gasteiger partial charge in [0.1, 0.15) is 0 Å². The van der Waals surface area contributed by atoms with E-state index in [1.54, 1.807) is 0 Å². The number of hydrogen-bond acceptors (Lipinski definition) is 2. The van der Waals surface area contributed by atoms with Crippen LogP contribution in [-0.4, -0.2) is 19.0 Å². The molecule has 0 saturated carbocycles. The number of nitrogens with two attached hydrogens (primary N) is 1. The van der Waals surface area contributed by atoms with Gasteiger partial charge in [0.2, 0.25) is 5.91 Å². The van der Waals surface area contributed by atoms with Crippen LogP contribution in [0.5, 0.6) is 0 Å². The zero-order valence-corrected chi connectivity index (χ0v) is 11.5. The van der Waals surface area contributed by atoms with Gasteiger partial charge in [0.05, 0.1) is 0 Å². The van der Waals surface area contributed by atoms with E-state index in [-0.39, 0.29) is 5.91 Å². The molecule has 3 N–H and O–H groups in total. The summed E-state index contributed by atoms with van der Waals surface area (Å²) in [7, 11) is 0. The fourth-order valence-electron chi connectivity index (χ4n) is 1.53. The smallest absolute Gasteiger partial charge is 0.220 e. The van der Waals surface area contributed by atoms with Crippen molar-refractivity contribution in [3.8, 4) is 0 Å². The Morgan fingerprint density at radius 1 is 1.29 bits per heavy atom. The van der Waals surface area contributed by atoms with E-state index in [1.807, 2.05) is 24.3 Å². The Kier molecular flexibility index (Phi) is 6.89. The van der Waals surface area contributed by atoms with Gasteiger partial charge in [0.25, 0.3) is 0 Å². The molecule has 0 heterocycles. The molecule has 4 heteroatoms. The summed E-state index contributed by atoms with van der Waals surface area (Å²) >= 11 is 3.47. The van der Waals surface area contributed by atoms with Crippen molar-refractivity contribution in [3.05, 3.63) is 34.3 Å². The van der Waals surface area contributed by atoms with E-state index in [0.717, 1.165) is 30.3 Å². The summed E-state index contributed by atoms with van der Waals surface area (Å²) < 4.78 is 1.07. The molecule has 0 aliphatic carbocycles. The summed E-state index contributed by atoms with van der Waals surface area (Å²) in [5.41, 5.74) is 6.55. The zero-order valence-electron chi connectivity index (χ0n) is 9.92. The summed E-state index contributed by atoms with van der Waals surface area (Å²) in [6, 6.07) is 7.99. The molecular weight excluding hydrogens is 280 g/mol. The highest BCUT2D eigenvalue weighted by molar-refractivity contribution is 9.10. The molecule has 1 aromatic rings. The van der Waals surface area contributed by atoms with Crippen LogP contribution in [0, 0.1) is 0 Å². The quantitative estimate of drug-likeness (QED) is 0.759. The van der Waals surface area contributed by atoms with Gasteiger partial charge in [-0.05, 0) is 37.4 Å². The first kappa shape index (κ1) is 14.2. The monoisotopic (exact) mass is 298 g/mol. The molecule has 94 valence electrons. The van der Waals surface area contributed by atoms with Gasteiger partial charge in [-0.25, -0.2) is 0 Å². The Balaban J connectivity index is 2.22. The summed E-state index contributed by atoms with van der Waals surface area (Å²) in [5, 5.41) is 2.90. The van der Waals surface area contributed by atoms with Crippen LogP contribution in [0.3, 0.4) is 0 Å². The Hall–Kier alpha value is -0.870. The molecule has 0 aliphatic rings. The van der Waals surface area contributed by atoms with Crippen LogP contribution in [0.25, 0.3) is 0 Å². The minimum atomic E-state index is 0.109. The lowest BCUT2D eigenvalue weighted by Crippen LogP contribution is -2.25. The number of benzene rings is 1. The summed E-state index contributed by atoms with van der Waals surface area (Å²) in [5.74, 6) is 0.109. The fraction of sp³-hybridized carbons (Fsp3) is 0.462. The van der Waals surface area contributed by atoms with Crippen molar-refractivity contribution >= 4 is 21.8 Å². The molecular formula is C13H19BrN2O. The van der Waals surface area contributed by atoms with E-state index >= 15 is 0 Å². The third kappa shape index (κ3) is 5.84. The maximum atomic E-state index is 11.5. The molecule has 0 unspecified atom stereocenters. The number of halogens is 1. The van der Waals surface area contributed by atoms with E-state index in [0.29, 0.717) is 13.0 Å². The highest BCUT2D eigenvalue weighted by atomic mass is 79.9. The SMILES string of the molecule is NCCCCNC(=O)CCc1ccccc1Br. The first-order valence-electron chi connectivity index (χ1n) is 5.94. The number of carbonyl (C=O) groups is 1. The molecule has 0 atom stereocenters. The van der Waals surface area contributed by atoms with Crippen LogP contribution in [0.1, 0.15) is 24.8 Å². The number of amides is 1. The van der Waals surface area contributed by atoms with Gasteiger partial charge in [-0.15, -0.1) is 0 Å². The lowest BCUT2D eigenvalue weighted by Gasteiger charge is -2.06. The normalized spacial score (nSPS) is 10.2. The van der Waals surface area contributed by atoms with Crippen molar-refractivity contribution in [1.29, 1.82) is 0 Å². The van der Waals surface area contributed by atoms with Gasteiger partial charge in [-0.1, -0.05) is 34.1 Å². The fourth-order valence-corrected chi connectivity index (χ4v) is 2.02. The molecule has 3 nitrogen and oxygen atoms in total. The molecule has 1 amide bonds. The van der Waals surface area contributed by atoms with Crippen molar-refractivity contribution in [3.63, 3.8) is 0 Å². The first-order chi connectivity index (χ1) is 8.24. The van der Waals surface area contributed by atoms with Gasteiger partial charge >= 0.3 is 0 Å². The summed E-state index contributed by atoms with van der Waals surface area (Å²) in [6.45, 7) is 1.42. The van der Waals surface area contributed by atoms with E-state index in [9.17, 15) is 4.79 Å². The molecule has 0 spiro atoms. The third-order valence-corrected chi connectivity index (χ3v) is 3.31. The first-order valence-corrected chi connectivity index (χ1v) is 6.73. The lowest BCUT2D eigenvalue weighted by molar-refractivity contribution is -0.121. The number of hydrogen-bond donors (Lipinski definition) is 2. The minimum Gasteiger partial charge on any atom is -0.356 e. The number of carbonyl (C=O) groups excluding carboxylic acids is 1. The minimum absolute atomic E-state index is 0.109. The summed E-state index contributed by atoms with van der Waals surface area (Å²) in [4.78, 5) is 11.5. The highest BCUT2D eigenvalue weighted by Gasteiger charge is 2.03. The van der Waals surface area contributed by atoms with Gasteiger partial charge in [-0.3, -0.25) is 4.79 Å². The number of nitrogens with one attached hydrogen (secondary N) is 1. The number of unbranched alkanes of at least 4 members (excludes halogenated alkanes) is 1. The third-order valence-electron chi connectivity index (χ3n) is 2.53. The van der Waals surface area contributed by atoms with E-state index in [1.165, 1.54) is 5.56 Å². The van der Waals surface area contributed by atoms with Gasteiger partial charge in [0, 0.05) is 17.4 Å². The predicted octanol–water partition coefficient (Wildman–Crippen LogP) is 2.24. The van der Waals surface area contributed by atoms with Crippen LogP contribution >= 0.6 is 15.9 Å². The Morgan fingerprint density at radius 3 is 2.76 bits per heavy atom. The average molecular weight is 299 g/mol. The molecule has 0 saturated heterocycles. The van der Waals surface area contributed by atoms with Gasteiger partial charge in [-0.2, -0.15) is 0 Å². The van der Waals surface area contributed by atoms with Crippen LogP contribution in [-0.2, 0) is 11.2 Å². The second-order valence-electron chi connectivity index (χ2n) is 3.94. The highest BCUT2D eigenvalue weighted by Crippen LogP contribution is 2.17.